The number of rotatable bonds is 7. The zero-order valence-electron chi connectivity index (χ0n) is 17.2. The van der Waals surface area contributed by atoms with Crippen LogP contribution in [0.1, 0.15) is 36.7 Å². The summed E-state index contributed by atoms with van der Waals surface area (Å²) in [7, 11) is -2.96. The number of aromatic nitrogens is 2. The van der Waals surface area contributed by atoms with Gasteiger partial charge < -0.3 is 9.88 Å². The highest BCUT2D eigenvalue weighted by Gasteiger charge is 2.21. The lowest BCUT2D eigenvalue weighted by Gasteiger charge is -2.24. The van der Waals surface area contributed by atoms with Gasteiger partial charge in [-0.1, -0.05) is 30.3 Å². The fourth-order valence-corrected chi connectivity index (χ4v) is 4.86. The van der Waals surface area contributed by atoms with Crippen LogP contribution >= 0.6 is 0 Å². The van der Waals surface area contributed by atoms with Gasteiger partial charge in [0.25, 0.3) is 0 Å². The fourth-order valence-electron chi connectivity index (χ4n) is 4.21. The average molecular weight is 412 g/mol. The molecule has 1 N–H and O–H groups in total. The average Bonchev–Trinajstić information content (AvgIpc) is 3.04. The van der Waals surface area contributed by atoms with Gasteiger partial charge in [-0.3, -0.25) is 0 Å². The van der Waals surface area contributed by atoms with E-state index in [1.54, 1.807) is 0 Å². The summed E-state index contributed by atoms with van der Waals surface area (Å²) in [6.07, 6.45) is 5.81. The van der Waals surface area contributed by atoms with Crippen molar-refractivity contribution >= 4 is 26.6 Å². The predicted octanol–water partition coefficient (Wildman–Crippen LogP) is 4.00. The summed E-state index contributed by atoms with van der Waals surface area (Å²) in [4.78, 5) is 5.05. The molecule has 0 radical (unpaired) electrons. The Morgan fingerprint density at radius 3 is 2.69 bits per heavy atom. The van der Waals surface area contributed by atoms with Gasteiger partial charge in [0, 0.05) is 36.5 Å². The lowest BCUT2D eigenvalue weighted by Crippen LogP contribution is -2.22. The highest BCUT2D eigenvalue weighted by molar-refractivity contribution is 7.90. The first kappa shape index (κ1) is 20.0. The summed E-state index contributed by atoms with van der Waals surface area (Å²) < 4.78 is 25.5. The van der Waals surface area contributed by atoms with Crippen molar-refractivity contribution in [1.82, 2.24) is 9.55 Å². The molecule has 0 fully saturated rings. The molecule has 1 aromatic heterocycles. The van der Waals surface area contributed by atoms with Crippen molar-refractivity contribution in [2.24, 2.45) is 0 Å². The Balaban J connectivity index is 1.68. The highest BCUT2D eigenvalue weighted by atomic mass is 32.2. The van der Waals surface area contributed by atoms with Crippen LogP contribution in [0.15, 0.2) is 42.5 Å². The lowest BCUT2D eigenvalue weighted by molar-refractivity contribution is 0.589. The van der Waals surface area contributed by atoms with Crippen molar-refractivity contribution in [2.45, 2.75) is 51.6 Å². The van der Waals surface area contributed by atoms with Gasteiger partial charge in [-0.25, -0.2) is 13.4 Å². The van der Waals surface area contributed by atoms with Crippen molar-refractivity contribution < 1.29 is 8.42 Å². The van der Waals surface area contributed by atoms with Crippen LogP contribution in [-0.4, -0.2) is 36.0 Å². The van der Waals surface area contributed by atoms with Crippen molar-refractivity contribution in [2.75, 3.05) is 17.3 Å². The minimum absolute atomic E-state index is 0.203. The smallest absolute Gasteiger partial charge is 0.147 e. The SMILES string of the molecule is C[C@H]1CCc2c(ccc3c2nc(CCc2ccccc2)n3CCCS(C)(=O)=O)N1. The molecule has 3 aromatic rings. The molecule has 0 spiro atoms. The predicted molar refractivity (Wildman–Crippen MR) is 119 cm³/mol. The number of imidazole rings is 1. The van der Waals surface area contributed by atoms with Crippen LogP contribution in [0.5, 0.6) is 0 Å². The fraction of sp³-hybridized carbons (Fsp3) is 0.435. The number of sulfone groups is 1. The third kappa shape index (κ3) is 4.64. The third-order valence-electron chi connectivity index (χ3n) is 5.71. The second-order valence-electron chi connectivity index (χ2n) is 8.19. The zero-order chi connectivity index (χ0) is 20.4. The molecule has 0 amide bonds. The Bertz CT molecular complexity index is 1100. The molecule has 5 nitrogen and oxygen atoms in total. The van der Waals surface area contributed by atoms with Crippen LogP contribution in [0.3, 0.4) is 0 Å². The Morgan fingerprint density at radius 2 is 1.93 bits per heavy atom. The summed E-state index contributed by atoms with van der Waals surface area (Å²) in [5, 5.41) is 3.57. The largest absolute Gasteiger partial charge is 0.382 e. The summed E-state index contributed by atoms with van der Waals surface area (Å²) in [6, 6.07) is 15.2. The molecule has 4 rings (SSSR count). The van der Waals surface area contributed by atoms with E-state index in [9.17, 15) is 8.42 Å². The monoisotopic (exact) mass is 411 g/mol. The van der Waals surface area contributed by atoms with Gasteiger partial charge in [0.1, 0.15) is 15.7 Å². The van der Waals surface area contributed by atoms with Gasteiger partial charge in [0.15, 0.2) is 0 Å². The number of benzene rings is 2. The van der Waals surface area contributed by atoms with Crippen molar-refractivity contribution in [3.8, 4) is 0 Å². The summed E-state index contributed by atoms with van der Waals surface area (Å²) in [5.41, 5.74) is 5.97. The zero-order valence-corrected chi connectivity index (χ0v) is 18.0. The van der Waals surface area contributed by atoms with E-state index < -0.39 is 9.84 Å². The van der Waals surface area contributed by atoms with Crippen LogP contribution in [-0.2, 0) is 35.6 Å². The maximum Gasteiger partial charge on any atom is 0.147 e. The van der Waals surface area contributed by atoms with E-state index in [1.165, 1.54) is 23.1 Å². The molecule has 154 valence electrons. The maximum absolute atomic E-state index is 11.6. The molecular weight excluding hydrogens is 382 g/mol. The molecule has 1 atom stereocenters. The molecular formula is C23H29N3O2S. The number of anilines is 1. The number of hydrogen-bond donors (Lipinski definition) is 1. The molecule has 1 aliphatic heterocycles. The van der Waals surface area contributed by atoms with Crippen molar-refractivity contribution in [3.05, 3.63) is 59.4 Å². The van der Waals surface area contributed by atoms with Gasteiger partial charge >= 0.3 is 0 Å². The van der Waals surface area contributed by atoms with Gasteiger partial charge in [0.2, 0.25) is 0 Å². The van der Waals surface area contributed by atoms with E-state index in [1.807, 2.05) is 6.07 Å². The number of hydrogen-bond acceptors (Lipinski definition) is 4. The van der Waals surface area contributed by atoms with Crippen LogP contribution in [0.2, 0.25) is 0 Å². The van der Waals surface area contributed by atoms with E-state index in [-0.39, 0.29) is 5.75 Å². The van der Waals surface area contributed by atoms with Crippen LogP contribution in [0, 0.1) is 0 Å². The van der Waals surface area contributed by atoms with Gasteiger partial charge in [-0.15, -0.1) is 0 Å². The molecule has 2 aromatic carbocycles. The molecule has 0 saturated carbocycles. The molecule has 6 heteroatoms. The van der Waals surface area contributed by atoms with E-state index in [2.05, 4.69) is 53.2 Å². The quantitative estimate of drug-likeness (QED) is 0.638. The summed E-state index contributed by atoms with van der Waals surface area (Å²) in [6.45, 7) is 2.89. The molecule has 0 saturated heterocycles. The summed E-state index contributed by atoms with van der Waals surface area (Å²) in [5.74, 6) is 1.25. The van der Waals surface area contributed by atoms with Crippen LogP contribution in [0.25, 0.3) is 11.0 Å². The topological polar surface area (TPSA) is 64.0 Å². The Hall–Kier alpha value is -2.34. The third-order valence-corrected chi connectivity index (χ3v) is 6.74. The number of nitrogens with zero attached hydrogens (tertiary/aromatic N) is 2. The Labute approximate surface area is 173 Å². The molecule has 0 bridgehead atoms. The molecule has 29 heavy (non-hydrogen) atoms. The Morgan fingerprint density at radius 1 is 1.14 bits per heavy atom. The van der Waals surface area contributed by atoms with E-state index in [0.717, 1.165) is 42.5 Å². The first-order chi connectivity index (χ1) is 13.9. The first-order valence-electron chi connectivity index (χ1n) is 10.4. The Kier molecular flexibility index (Phi) is 5.63. The van der Waals surface area contributed by atoms with Crippen LogP contribution in [0.4, 0.5) is 5.69 Å². The highest BCUT2D eigenvalue weighted by Crippen LogP contribution is 2.32. The van der Waals surface area contributed by atoms with Crippen LogP contribution < -0.4 is 5.32 Å². The van der Waals surface area contributed by atoms with E-state index >= 15 is 0 Å². The molecule has 0 unspecified atom stereocenters. The molecule has 0 aliphatic carbocycles. The molecule has 1 aliphatic rings. The van der Waals surface area contributed by atoms with Gasteiger partial charge in [0.05, 0.1) is 16.8 Å². The normalized spacial score (nSPS) is 16.6. The summed E-state index contributed by atoms with van der Waals surface area (Å²) >= 11 is 0. The van der Waals surface area contributed by atoms with Gasteiger partial charge in [-0.2, -0.15) is 0 Å². The first-order valence-corrected chi connectivity index (χ1v) is 12.5. The second-order valence-corrected chi connectivity index (χ2v) is 10.5. The lowest BCUT2D eigenvalue weighted by atomic mass is 9.98. The minimum Gasteiger partial charge on any atom is -0.382 e. The number of fused-ring (bicyclic) bond motifs is 3. The van der Waals surface area contributed by atoms with Gasteiger partial charge in [-0.05, 0) is 50.3 Å². The standard InChI is InChI=1S/C23H29N3O2S/c1-17-9-11-19-20(24-17)12-13-21-23(19)25-22(14-10-18-7-4-3-5-8-18)26(21)15-6-16-29(2,27)28/h3-5,7-8,12-13,17,24H,6,9-11,14-16H2,1-2H3/t17-/m0/s1. The van der Waals surface area contributed by atoms with E-state index in [0.29, 0.717) is 19.0 Å². The maximum atomic E-state index is 11.6. The number of nitrogens with one attached hydrogen (secondary N) is 1. The van der Waals surface area contributed by atoms with Crippen molar-refractivity contribution in [1.29, 1.82) is 0 Å². The van der Waals surface area contributed by atoms with Crippen molar-refractivity contribution in [3.63, 3.8) is 0 Å². The molecule has 2 heterocycles. The second kappa shape index (κ2) is 8.19. The minimum atomic E-state index is -2.96. The number of aryl methyl sites for hydroxylation is 4. The van der Waals surface area contributed by atoms with E-state index in [4.69, 9.17) is 4.98 Å².